The number of carbonyl (C=O) groups is 1. The summed E-state index contributed by atoms with van der Waals surface area (Å²) in [6, 6.07) is 9.94. The van der Waals surface area contributed by atoms with Crippen molar-refractivity contribution in [3.8, 4) is 0 Å². The summed E-state index contributed by atoms with van der Waals surface area (Å²) in [7, 11) is 3.92. The van der Waals surface area contributed by atoms with Crippen LogP contribution in [0.2, 0.25) is 0 Å². The van der Waals surface area contributed by atoms with Gasteiger partial charge in [0.1, 0.15) is 5.82 Å². The fourth-order valence-electron chi connectivity index (χ4n) is 3.29. The smallest absolute Gasteiger partial charge is 0.317 e. The minimum absolute atomic E-state index is 0.0644. The van der Waals surface area contributed by atoms with E-state index < -0.39 is 0 Å². The number of likely N-dealkylation sites (tertiary alicyclic amines) is 1. The number of aliphatic hydroxyl groups excluding tert-OH is 1. The van der Waals surface area contributed by atoms with Gasteiger partial charge in [0, 0.05) is 45.7 Å². The molecule has 2 aromatic rings. The van der Waals surface area contributed by atoms with Crippen molar-refractivity contribution < 1.29 is 9.90 Å². The quantitative estimate of drug-likeness (QED) is 0.894. The number of fused-ring (bicyclic) bond motifs is 1. The van der Waals surface area contributed by atoms with Crippen LogP contribution in [0.25, 0.3) is 10.9 Å². The molecular weight excluding hydrogens is 316 g/mol. The Hall–Kier alpha value is -2.34. The maximum Gasteiger partial charge on any atom is 0.317 e. The second kappa shape index (κ2) is 7.70. The number of carbonyl (C=O) groups excluding carboxylic acids is 1. The number of piperidine rings is 1. The van der Waals surface area contributed by atoms with Crippen molar-refractivity contribution in [1.29, 1.82) is 0 Å². The van der Waals surface area contributed by atoms with E-state index >= 15 is 0 Å². The molecule has 1 atom stereocenters. The molecule has 1 fully saturated rings. The molecule has 1 aromatic heterocycles. The van der Waals surface area contributed by atoms with Crippen LogP contribution in [0.5, 0.6) is 0 Å². The molecule has 0 spiro atoms. The van der Waals surface area contributed by atoms with Crippen LogP contribution >= 0.6 is 0 Å². The lowest BCUT2D eigenvalue weighted by Crippen LogP contribution is -2.45. The number of nitrogens with one attached hydrogen (secondary N) is 1. The number of aliphatic hydroxyl groups is 1. The van der Waals surface area contributed by atoms with E-state index in [0.29, 0.717) is 13.1 Å². The average Bonchev–Trinajstić information content (AvgIpc) is 2.65. The molecule has 0 radical (unpaired) electrons. The van der Waals surface area contributed by atoms with Crippen molar-refractivity contribution in [3.05, 3.63) is 35.9 Å². The second-order valence-corrected chi connectivity index (χ2v) is 6.85. The Kier molecular flexibility index (Phi) is 5.38. The number of hydrogen-bond acceptors (Lipinski definition) is 4. The molecule has 2 heterocycles. The van der Waals surface area contributed by atoms with E-state index in [4.69, 9.17) is 0 Å². The average molecular weight is 342 g/mol. The highest BCUT2D eigenvalue weighted by atomic mass is 16.3. The number of anilines is 1. The van der Waals surface area contributed by atoms with Gasteiger partial charge in [-0.25, -0.2) is 9.78 Å². The first-order valence-electron chi connectivity index (χ1n) is 8.78. The summed E-state index contributed by atoms with van der Waals surface area (Å²) in [5.74, 6) is 1.07. The molecule has 1 aromatic carbocycles. The van der Waals surface area contributed by atoms with Crippen molar-refractivity contribution in [1.82, 2.24) is 15.2 Å². The molecule has 2 amide bonds. The van der Waals surface area contributed by atoms with E-state index in [2.05, 4.69) is 10.3 Å². The van der Waals surface area contributed by atoms with E-state index in [-0.39, 0.29) is 18.6 Å². The summed E-state index contributed by atoms with van der Waals surface area (Å²) >= 11 is 0. The SMILES string of the molecule is CN(C)c1cc(CNC(=O)N2CCCC(CO)C2)c2ccccc2n1. The summed E-state index contributed by atoms with van der Waals surface area (Å²) in [5, 5.41) is 13.4. The van der Waals surface area contributed by atoms with Crippen LogP contribution < -0.4 is 10.2 Å². The number of rotatable bonds is 4. The van der Waals surface area contributed by atoms with Gasteiger partial charge in [-0.1, -0.05) is 18.2 Å². The molecule has 1 unspecified atom stereocenters. The van der Waals surface area contributed by atoms with Crippen LogP contribution in [0.4, 0.5) is 10.6 Å². The predicted octanol–water partition coefficient (Wildman–Crippen LogP) is 2.21. The Morgan fingerprint density at radius 1 is 1.40 bits per heavy atom. The Balaban J connectivity index is 1.75. The normalized spacial score (nSPS) is 17.6. The third kappa shape index (κ3) is 4.02. The van der Waals surface area contributed by atoms with Gasteiger partial charge in [0.05, 0.1) is 5.52 Å². The summed E-state index contributed by atoms with van der Waals surface area (Å²) in [4.78, 5) is 20.9. The van der Waals surface area contributed by atoms with Crippen LogP contribution in [0.3, 0.4) is 0 Å². The molecule has 1 aliphatic heterocycles. The van der Waals surface area contributed by atoms with Gasteiger partial charge in [0.15, 0.2) is 0 Å². The molecule has 6 heteroatoms. The van der Waals surface area contributed by atoms with E-state index in [1.165, 1.54) is 0 Å². The lowest BCUT2D eigenvalue weighted by Gasteiger charge is -2.31. The van der Waals surface area contributed by atoms with Crippen LogP contribution in [0, 0.1) is 5.92 Å². The van der Waals surface area contributed by atoms with E-state index in [0.717, 1.165) is 41.7 Å². The number of benzene rings is 1. The molecule has 3 rings (SSSR count). The Bertz CT molecular complexity index is 747. The second-order valence-electron chi connectivity index (χ2n) is 6.85. The number of urea groups is 1. The van der Waals surface area contributed by atoms with Crippen molar-refractivity contribution >= 4 is 22.8 Å². The molecule has 25 heavy (non-hydrogen) atoms. The molecule has 134 valence electrons. The third-order valence-electron chi connectivity index (χ3n) is 4.74. The van der Waals surface area contributed by atoms with Crippen molar-refractivity contribution in [3.63, 3.8) is 0 Å². The standard InChI is InChI=1S/C19H26N4O2/c1-22(2)18-10-15(16-7-3-4-8-17(16)21-18)11-20-19(25)23-9-5-6-14(12-23)13-24/h3-4,7-8,10,14,24H,5-6,9,11-13H2,1-2H3,(H,20,25). The minimum atomic E-state index is -0.0644. The van der Waals surface area contributed by atoms with Crippen molar-refractivity contribution in [2.75, 3.05) is 38.7 Å². The van der Waals surface area contributed by atoms with Gasteiger partial charge in [0.25, 0.3) is 0 Å². The maximum absolute atomic E-state index is 12.5. The molecule has 1 saturated heterocycles. The number of aromatic nitrogens is 1. The zero-order valence-electron chi connectivity index (χ0n) is 14.9. The molecule has 0 bridgehead atoms. The zero-order valence-corrected chi connectivity index (χ0v) is 14.9. The number of pyridine rings is 1. The van der Waals surface area contributed by atoms with Crippen LogP contribution in [-0.2, 0) is 6.54 Å². The molecular formula is C19H26N4O2. The monoisotopic (exact) mass is 342 g/mol. The van der Waals surface area contributed by atoms with E-state index in [1.807, 2.05) is 49.3 Å². The van der Waals surface area contributed by atoms with Gasteiger partial charge in [0.2, 0.25) is 0 Å². The van der Waals surface area contributed by atoms with Gasteiger partial charge in [-0.05, 0) is 36.5 Å². The summed E-state index contributed by atoms with van der Waals surface area (Å²) in [6.07, 6.45) is 1.93. The third-order valence-corrected chi connectivity index (χ3v) is 4.74. The van der Waals surface area contributed by atoms with Crippen LogP contribution in [0.1, 0.15) is 18.4 Å². The molecule has 6 nitrogen and oxygen atoms in total. The summed E-state index contributed by atoms with van der Waals surface area (Å²) in [5.41, 5.74) is 1.98. The van der Waals surface area contributed by atoms with Crippen molar-refractivity contribution in [2.45, 2.75) is 19.4 Å². The summed E-state index contributed by atoms with van der Waals surface area (Å²) < 4.78 is 0. The topological polar surface area (TPSA) is 68.7 Å². The van der Waals surface area contributed by atoms with Gasteiger partial charge >= 0.3 is 6.03 Å². The van der Waals surface area contributed by atoms with E-state index in [9.17, 15) is 9.90 Å². The maximum atomic E-state index is 12.5. The Morgan fingerprint density at radius 3 is 2.96 bits per heavy atom. The molecule has 0 aliphatic carbocycles. The first-order valence-corrected chi connectivity index (χ1v) is 8.78. The fraction of sp³-hybridized carbons (Fsp3) is 0.474. The van der Waals surface area contributed by atoms with Crippen molar-refractivity contribution in [2.24, 2.45) is 5.92 Å². The van der Waals surface area contributed by atoms with Gasteiger partial charge in [-0.15, -0.1) is 0 Å². The number of hydrogen-bond donors (Lipinski definition) is 2. The number of amides is 2. The van der Waals surface area contributed by atoms with Gasteiger partial charge in [-0.3, -0.25) is 0 Å². The molecule has 2 N–H and O–H groups in total. The molecule has 1 aliphatic rings. The van der Waals surface area contributed by atoms with Crippen LogP contribution in [0.15, 0.2) is 30.3 Å². The highest BCUT2D eigenvalue weighted by Crippen LogP contribution is 2.22. The fourth-order valence-corrected chi connectivity index (χ4v) is 3.29. The van der Waals surface area contributed by atoms with E-state index in [1.54, 1.807) is 4.90 Å². The predicted molar refractivity (Wildman–Crippen MR) is 99.7 cm³/mol. The number of para-hydroxylation sites is 1. The Labute approximate surface area is 148 Å². The lowest BCUT2D eigenvalue weighted by molar-refractivity contribution is 0.129. The largest absolute Gasteiger partial charge is 0.396 e. The highest BCUT2D eigenvalue weighted by molar-refractivity contribution is 5.84. The van der Waals surface area contributed by atoms with Crippen LogP contribution in [-0.4, -0.2) is 54.8 Å². The van der Waals surface area contributed by atoms with Gasteiger partial charge in [-0.2, -0.15) is 0 Å². The highest BCUT2D eigenvalue weighted by Gasteiger charge is 2.23. The lowest BCUT2D eigenvalue weighted by atomic mass is 9.99. The zero-order chi connectivity index (χ0) is 17.8. The van der Waals surface area contributed by atoms with Gasteiger partial charge < -0.3 is 20.2 Å². The number of nitrogens with zero attached hydrogens (tertiary/aromatic N) is 3. The molecule has 0 saturated carbocycles. The minimum Gasteiger partial charge on any atom is -0.396 e. The first-order chi connectivity index (χ1) is 12.1. The Morgan fingerprint density at radius 2 is 2.20 bits per heavy atom. The first kappa shape index (κ1) is 17.5. The summed E-state index contributed by atoms with van der Waals surface area (Å²) in [6.45, 7) is 1.98.